The number of ketones is 1. The van der Waals surface area contributed by atoms with E-state index in [0.717, 1.165) is 27.8 Å². The van der Waals surface area contributed by atoms with Gasteiger partial charge in [-0.05, 0) is 75.1 Å². The number of ether oxygens (including phenoxy) is 2. The number of fused-ring (bicyclic) bond motifs is 1. The Kier molecular flexibility index (Phi) is 6.07. The summed E-state index contributed by atoms with van der Waals surface area (Å²) in [5.41, 5.74) is 4.48. The molecule has 0 spiro atoms. The Morgan fingerprint density at radius 1 is 0.824 bits per heavy atom. The van der Waals surface area contributed by atoms with E-state index in [1.165, 1.54) is 0 Å². The zero-order chi connectivity index (χ0) is 24.6. The van der Waals surface area contributed by atoms with E-state index in [-0.39, 0.29) is 11.3 Å². The van der Waals surface area contributed by atoms with Crippen molar-refractivity contribution in [2.75, 3.05) is 5.32 Å². The highest BCUT2D eigenvalue weighted by atomic mass is 16.5. The fourth-order valence-electron chi connectivity index (χ4n) is 3.97. The van der Waals surface area contributed by atoms with E-state index in [1.54, 1.807) is 42.5 Å². The monoisotopic (exact) mass is 455 g/mol. The minimum Gasteiger partial charge on any atom is -0.422 e. The van der Waals surface area contributed by atoms with Crippen LogP contribution in [0.4, 0.5) is 5.69 Å². The number of benzene rings is 3. The number of aryl methyl sites for hydroxylation is 5. The molecule has 34 heavy (non-hydrogen) atoms. The van der Waals surface area contributed by atoms with Crippen LogP contribution in [0.2, 0.25) is 0 Å². The van der Waals surface area contributed by atoms with Crippen LogP contribution in [0.25, 0.3) is 0 Å². The summed E-state index contributed by atoms with van der Waals surface area (Å²) in [5.74, 6) is -1.73. The second-order valence-electron chi connectivity index (χ2n) is 8.51. The lowest BCUT2D eigenvalue weighted by Gasteiger charge is -2.22. The summed E-state index contributed by atoms with van der Waals surface area (Å²) in [5, 5.41) is 2.91. The molecule has 1 heterocycles. The van der Waals surface area contributed by atoms with Crippen molar-refractivity contribution in [3.8, 4) is 11.5 Å². The number of para-hydroxylation sites is 2. The predicted octanol–water partition coefficient (Wildman–Crippen LogP) is 5.30. The molecule has 0 bridgehead atoms. The number of hydrogen-bond acceptors (Lipinski definition) is 6. The first-order chi connectivity index (χ1) is 16.2. The van der Waals surface area contributed by atoms with E-state index in [0.29, 0.717) is 17.2 Å². The van der Waals surface area contributed by atoms with Gasteiger partial charge in [0.05, 0.1) is 5.69 Å². The van der Waals surface area contributed by atoms with E-state index < -0.39 is 23.3 Å². The van der Waals surface area contributed by atoms with Gasteiger partial charge >= 0.3 is 11.9 Å². The molecule has 0 fully saturated rings. The molecule has 0 saturated heterocycles. The summed E-state index contributed by atoms with van der Waals surface area (Å²) in [4.78, 5) is 40.0. The minimum absolute atomic E-state index is 0.255. The van der Waals surface area contributed by atoms with Crippen LogP contribution >= 0.6 is 0 Å². The summed E-state index contributed by atoms with van der Waals surface area (Å²) in [6, 6.07) is 15.7. The second-order valence-corrected chi connectivity index (χ2v) is 8.51. The number of carbonyl (C=O) groups is 3. The number of anilines is 1. The van der Waals surface area contributed by atoms with Crippen LogP contribution in [-0.2, 0) is 9.59 Å². The lowest BCUT2D eigenvalue weighted by molar-refractivity contribution is -0.133. The van der Waals surface area contributed by atoms with Gasteiger partial charge in [0, 0.05) is 5.56 Å². The number of rotatable bonds is 4. The van der Waals surface area contributed by atoms with Crippen LogP contribution in [0, 0.1) is 34.6 Å². The molecule has 172 valence electrons. The summed E-state index contributed by atoms with van der Waals surface area (Å²) in [6.45, 7) is 9.40. The third kappa shape index (κ3) is 4.35. The average Bonchev–Trinajstić information content (AvgIpc) is 2.78. The van der Waals surface area contributed by atoms with Gasteiger partial charge < -0.3 is 14.8 Å². The van der Waals surface area contributed by atoms with Crippen molar-refractivity contribution in [3.63, 3.8) is 0 Å². The highest BCUT2D eigenvalue weighted by Crippen LogP contribution is 2.33. The van der Waals surface area contributed by atoms with E-state index in [4.69, 9.17) is 9.47 Å². The molecule has 3 aromatic carbocycles. The highest BCUT2D eigenvalue weighted by molar-refractivity contribution is 6.28. The van der Waals surface area contributed by atoms with Crippen molar-refractivity contribution in [1.29, 1.82) is 0 Å². The predicted molar refractivity (Wildman–Crippen MR) is 129 cm³/mol. The third-order valence-corrected chi connectivity index (χ3v) is 5.80. The van der Waals surface area contributed by atoms with Crippen LogP contribution in [0.5, 0.6) is 11.5 Å². The van der Waals surface area contributed by atoms with E-state index in [9.17, 15) is 14.4 Å². The SMILES string of the molecule is Cc1cc(C)c(OC(=O)C(C(=O)c2ccc(C)c(C)c2)=C2Nc3ccccc3OC2=O)c(C)c1. The summed E-state index contributed by atoms with van der Waals surface area (Å²) in [6.07, 6.45) is 0. The Labute approximate surface area is 198 Å². The number of carbonyl (C=O) groups excluding carboxylic acids is 3. The van der Waals surface area contributed by atoms with Gasteiger partial charge in [0.25, 0.3) is 0 Å². The number of nitrogens with one attached hydrogen (secondary N) is 1. The second kappa shape index (κ2) is 8.98. The lowest BCUT2D eigenvalue weighted by atomic mass is 9.97. The first-order valence-corrected chi connectivity index (χ1v) is 10.9. The third-order valence-electron chi connectivity index (χ3n) is 5.80. The van der Waals surface area contributed by atoms with Gasteiger partial charge in [0.1, 0.15) is 17.0 Å². The molecule has 4 rings (SSSR count). The molecule has 0 amide bonds. The molecule has 0 unspecified atom stereocenters. The standard InChI is InChI=1S/C28H25NO5/c1-15-12-18(4)26(19(5)13-15)34-27(31)23(25(30)20-11-10-16(2)17(3)14-20)24-28(32)33-22-9-7-6-8-21(22)29-24/h6-14,29H,1-5H3. The molecule has 1 N–H and O–H groups in total. The zero-order valence-corrected chi connectivity index (χ0v) is 19.7. The maximum Gasteiger partial charge on any atom is 0.361 e. The maximum absolute atomic E-state index is 13.6. The summed E-state index contributed by atoms with van der Waals surface area (Å²) < 4.78 is 11.1. The first kappa shape index (κ1) is 23.0. The Balaban J connectivity index is 1.84. The van der Waals surface area contributed by atoms with Crippen LogP contribution in [-0.4, -0.2) is 17.7 Å². The summed E-state index contributed by atoms with van der Waals surface area (Å²) in [7, 11) is 0. The van der Waals surface area contributed by atoms with Crippen LogP contribution in [0.3, 0.4) is 0 Å². The molecular formula is C28H25NO5. The van der Waals surface area contributed by atoms with Gasteiger partial charge in [-0.3, -0.25) is 4.79 Å². The van der Waals surface area contributed by atoms with Gasteiger partial charge in [0.2, 0.25) is 5.78 Å². The molecule has 6 nitrogen and oxygen atoms in total. The van der Waals surface area contributed by atoms with Crippen LogP contribution < -0.4 is 14.8 Å². The zero-order valence-electron chi connectivity index (χ0n) is 19.7. The normalized spacial score (nSPS) is 14.0. The summed E-state index contributed by atoms with van der Waals surface area (Å²) >= 11 is 0. The van der Waals surface area contributed by atoms with Crippen molar-refractivity contribution in [1.82, 2.24) is 0 Å². The fraction of sp³-hybridized carbons (Fsp3) is 0.179. The molecule has 0 atom stereocenters. The molecule has 0 radical (unpaired) electrons. The molecule has 1 aliphatic rings. The molecule has 1 aliphatic heterocycles. The molecule has 0 aliphatic carbocycles. The number of hydrogen-bond donors (Lipinski definition) is 1. The van der Waals surface area contributed by atoms with Crippen molar-refractivity contribution >= 4 is 23.4 Å². The van der Waals surface area contributed by atoms with E-state index in [2.05, 4.69) is 5.32 Å². The molecule has 0 saturated carbocycles. The molecular weight excluding hydrogens is 430 g/mol. The Hall–Kier alpha value is -4.19. The van der Waals surface area contributed by atoms with Gasteiger partial charge in [0.15, 0.2) is 5.75 Å². The topological polar surface area (TPSA) is 81.7 Å². The maximum atomic E-state index is 13.6. The molecule has 6 heteroatoms. The van der Waals surface area contributed by atoms with Crippen LogP contribution in [0.1, 0.15) is 38.2 Å². The Bertz CT molecular complexity index is 1360. The van der Waals surface area contributed by atoms with Gasteiger partial charge in [-0.15, -0.1) is 0 Å². The molecule has 3 aromatic rings. The number of Topliss-reactive ketones (excluding diaryl/α,β-unsaturated/α-hetero) is 1. The Morgan fingerprint density at radius 3 is 2.18 bits per heavy atom. The van der Waals surface area contributed by atoms with E-state index in [1.807, 2.05) is 46.8 Å². The quantitative estimate of drug-likeness (QED) is 0.144. The Morgan fingerprint density at radius 2 is 1.50 bits per heavy atom. The largest absolute Gasteiger partial charge is 0.422 e. The fourth-order valence-corrected chi connectivity index (χ4v) is 3.97. The van der Waals surface area contributed by atoms with Crippen LogP contribution in [0.15, 0.2) is 65.9 Å². The highest BCUT2D eigenvalue weighted by Gasteiger charge is 2.34. The lowest BCUT2D eigenvalue weighted by Crippen LogP contribution is -2.31. The van der Waals surface area contributed by atoms with E-state index >= 15 is 0 Å². The van der Waals surface area contributed by atoms with Crippen molar-refractivity contribution < 1.29 is 23.9 Å². The van der Waals surface area contributed by atoms with Crippen molar-refractivity contribution in [2.45, 2.75) is 34.6 Å². The first-order valence-electron chi connectivity index (χ1n) is 10.9. The van der Waals surface area contributed by atoms with Gasteiger partial charge in [-0.25, -0.2) is 9.59 Å². The minimum atomic E-state index is -0.933. The average molecular weight is 456 g/mol. The van der Waals surface area contributed by atoms with Gasteiger partial charge in [-0.1, -0.05) is 42.0 Å². The van der Waals surface area contributed by atoms with Crippen molar-refractivity contribution in [3.05, 3.63) is 99.2 Å². The van der Waals surface area contributed by atoms with Gasteiger partial charge in [-0.2, -0.15) is 0 Å². The number of esters is 2. The smallest absolute Gasteiger partial charge is 0.361 e. The van der Waals surface area contributed by atoms with Crippen molar-refractivity contribution in [2.24, 2.45) is 0 Å². The molecule has 0 aromatic heterocycles.